The van der Waals surface area contributed by atoms with E-state index in [2.05, 4.69) is 89.3 Å². The van der Waals surface area contributed by atoms with Gasteiger partial charge in [0.2, 0.25) is 0 Å². The third kappa shape index (κ3) is 3.62. The van der Waals surface area contributed by atoms with Crippen LogP contribution in [0, 0.1) is 0 Å². The summed E-state index contributed by atoms with van der Waals surface area (Å²) in [5, 5.41) is 0. The predicted octanol–water partition coefficient (Wildman–Crippen LogP) is 8.25. The molecule has 0 bridgehead atoms. The van der Waals surface area contributed by atoms with Crippen LogP contribution in [0.1, 0.15) is 83.0 Å². The van der Waals surface area contributed by atoms with E-state index in [1.807, 2.05) is 0 Å². The number of hydrogen-bond donors (Lipinski definition) is 0. The summed E-state index contributed by atoms with van der Waals surface area (Å²) in [4.78, 5) is 0. The molecule has 0 spiro atoms. The zero-order valence-electron chi connectivity index (χ0n) is 19.7. The Morgan fingerprint density at radius 2 is 1.10 bits per heavy atom. The number of hydrogen-bond acceptors (Lipinski definition) is 0. The molecule has 0 fully saturated rings. The number of benzene rings is 2. The van der Waals surface area contributed by atoms with E-state index in [0.717, 1.165) is 7.35 Å². The average molecular weight is 580 g/mol. The van der Waals surface area contributed by atoms with Crippen molar-refractivity contribution in [2.24, 2.45) is 0 Å². The quantitative estimate of drug-likeness (QED) is 0.290. The molecule has 157 valence electrons. The molecule has 0 amide bonds. The maximum atomic E-state index is 2.68. The third-order valence-corrected chi connectivity index (χ3v) is 38.6. The first-order valence-corrected chi connectivity index (χ1v) is 25.2. The predicted molar refractivity (Wildman–Crippen MR) is 132 cm³/mol. The molecule has 2 aromatic carbocycles. The van der Waals surface area contributed by atoms with E-state index in [1.165, 1.54) is 25.7 Å². The van der Waals surface area contributed by atoms with Crippen LogP contribution in [0.4, 0.5) is 0 Å². The molecular weight excluding hydrogens is 543 g/mol. The van der Waals surface area contributed by atoms with E-state index in [1.54, 1.807) is 44.5 Å². The van der Waals surface area contributed by atoms with Gasteiger partial charge in [0.15, 0.2) is 0 Å². The SMILES string of the molecule is CCCC1=C(C)[CH]([Hf]([CH]2C(C)=C(CCC)c3ccccc32)[SiH](C)C)c2ccccc21. The molecule has 2 aliphatic rings. The molecule has 0 N–H and O–H groups in total. The second-order valence-corrected chi connectivity index (χ2v) is 37.5. The Kier molecular flexibility index (Phi) is 6.84. The van der Waals surface area contributed by atoms with E-state index >= 15 is 0 Å². The zero-order valence-corrected chi connectivity index (χ0v) is 24.4. The van der Waals surface area contributed by atoms with E-state index in [0.29, 0.717) is 0 Å². The van der Waals surface area contributed by atoms with Crippen LogP contribution in [0.5, 0.6) is 0 Å². The number of fused-ring (bicyclic) bond motifs is 2. The maximum absolute atomic E-state index is 2.68. The third-order valence-electron chi connectivity index (χ3n) is 7.35. The molecule has 0 nitrogen and oxygen atoms in total. The van der Waals surface area contributed by atoms with Crippen molar-refractivity contribution in [2.75, 3.05) is 0 Å². The van der Waals surface area contributed by atoms with Crippen molar-refractivity contribution in [3.05, 3.63) is 81.9 Å². The Bertz CT molecular complexity index is 920. The van der Waals surface area contributed by atoms with Crippen molar-refractivity contribution in [2.45, 2.75) is 73.8 Å². The standard InChI is InChI=1S/2C13H15.C2H7Si.Hf/c2*1-3-6-12-10(2)9-11-7-4-5-8-13(11)12;1-3-2;/h2*4-5,7-9H,3,6H2,1-2H3;3H,1-2H3;. The molecule has 4 rings (SSSR count). The molecule has 0 aliphatic heterocycles. The van der Waals surface area contributed by atoms with Gasteiger partial charge in [-0.25, -0.2) is 0 Å². The van der Waals surface area contributed by atoms with Crippen LogP contribution in [0.3, 0.4) is 0 Å². The van der Waals surface area contributed by atoms with E-state index in [9.17, 15) is 0 Å². The first-order valence-electron chi connectivity index (χ1n) is 12.0. The summed E-state index contributed by atoms with van der Waals surface area (Å²) in [6.45, 7) is 15.1. The first kappa shape index (κ1) is 22.2. The van der Waals surface area contributed by atoms with Crippen LogP contribution in [0.15, 0.2) is 59.7 Å². The van der Waals surface area contributed by atoms with Gasteiger partial charge in [-0.15, -0.1) is 0 Å². The van der Waals surface area contributed by atoms with Crippen molar-refractivity contribution >= 4 is 17.1 Å². The van der Waals surface area contributed by atoms with E-state index < -0.39 is 26.6 Å². The van der Waals surface area contributed by atoms with Crippen LogP contribution in [0.2, 0.25) is 13.1 Å². The molecule has 0 heterocycles. The fourth-order valence-corrected chi connectivity index (χ4v) is 39.3. The van der Waals surface area contributed by atoms with E-state index in [-0.39, 0.29) is 0 Å². The number of rotatable bonds is 7. The summed E-state index contributed by atoms with van der Waals surface area (Å²) in [6, 6.07) is 18.9. The minimum atomic E-state index is -2.09. The van der Waals surface area contributed by atoms with Crippen LogP contribution in [0.25, 0.3) is 11.1 Å². The molecule has 0 radical (unpaired) electrons. The Morgan fingerprint density at radius 3 is 1.47 bits per heavy atom. The molecule has 2 atom stereocenters. The van der Waals surface area contributed by atoms with Gasteiger partial charge in [-0.1, -0.05) is 0 Å². The van der Waals surface area contributed by atoms with Crippen molar-refractivity contribution in [3.8, 4) is 0 Å². The van der Waals surface area contributed by atoms with Gasteiger partial charge >= 0.3 is 193 Å². The van der Waals surface area contributed by atoms with Crippen LogP contribution in [-0.4, -0.2) is 5.98 Å². The topological polar surface area (TPSA) is 0 Å². The molecule has 0 aromatic heterocycles. The van der Waals surface area contributed by atoms with Gasteiger partial charge in [0.25, 0.3) is 0 Å². The van der Waals surface area contributed by atoms with Crippen molar-refractivity contribution in [1.29, 1.82) is 0 Å². The Balaban J connectivity index is 1.88. The summed E-state index contributed by atoms with van der Waals surface area (Å²) in [6.07, 6.45) is 4.99. The van der Waals surface area contributed by atoms with Gasteiger partial charge < -0.3 is 0 Å². The van der Waals surface area contributed by atoms with Gasteiger partial charge in [0, 0.05) is 0 Å². The Morgan fingerprint density at radius 1 is 0.700 bits per heavy atom. The summed E-state index contributed by atoms with van der Waals surface area (Å²) < 4.78 is 1.60. The molecule has 2 aromatic rings. The monoisotopic (exact) mass is 581 g/mol. The molecule has 2 heteroatoms. The molecule has 30 heavy (non-hydrogen) atoms. The van der Waals surface area contributed by atoms with Crippen LogP contribution >= 0.6 is 0 Å². The van der Waals surface area contributed by atoms with Gasteiger partial charge in [-0.2, -0.15) is 0 Å². The van der Waals surface area contributed by atoms with Crippen molar-refractivity contribution < 1.29 is 20.6 Å². The zero-order chi connectivity index (χ0) is 21.4. The fourth-order valence-electron chi connectivity index (χ4n) is 6.14. The van der Waals surface area contributed by atoms with E-state index in [4.69, 9.17) is 0 Å². The summed E-state index contributed by atoms with van der Waals surface area (Å²) in [7, 11) is 0. The Labute approximate surface area is 192 Å². The van der Waals surface area contributed by atoms with Gasteiger partial charge in [-0.3, -0.25) is 0 Å². The molecule has 2 unspecified atom stereocenters. The molecule has 0 saturated carbocycles. The molecule has 2 aliphatic carbocycles. The average Bonchev–Trinajstić information content (AvgIpc) is 3.16. The normalized spacial score (nSPS) is 20.2. The molecule has 0 saturated heterocycles. The van der Waals surface area contributed by atoms with Crippen molar-refractivity contribution in [3.63, 3.8) is 0 Å². The van der Waals surface area contributed by atoms with Crippen molar-refractivity contribution in [1.82, 2.24) is 0 Å². The van der Waals surface area contributed by atoms with Gasteiger partial charge in [0.1, 0.15) is 0 Å². The minimum absolute atomic E-state index is 0.736. The van der Waals surface area contributed by atoms with Gasteiger partial charge in [0.05, 0.1) is 0 Å². The van der Waals surface area contributed by atoms with Gasteiger partial charge in [-0.05, 0) is 0 Å². The summed E-state index contributed by atoms with van der Waals surface area (Å²) in [5.41, 5.74) is 13.5. The second kappa shape index (κ2) is 9.24. The Hall–Kier alpha value is -0.993. The first-order chi connectivity index (χ1) is 14.5. The number of allylic oxidation sites excluding steroid dienone is 4. The van der Waals surface area contributed by atoms with Crippen LogP contribution < -0.4 is 0 Å². The fraction of sp³-hybridized carbons (Fsp3) is 0.429. The van der Waals surface area contributed by atoms with Crippen LogP contribution in [-0.2, 0) is 20.6 Å². The summed E-state index contributed by atoms with van der Waals surface area (Å²) >= 11 is -2.09. The second-order valence-electron chi connectivity index (χ2n) is 9.52. The molecular formula is C28H37HfSi. The summed E-state index contributed by atoms with van der Waals surface area (Å²) in [5.74, 6) is -0.736.